The van der Waals surface area contributed by atoms with Crippen molar-refractivity contribution in [3.05, 3.63) is 117 Å². The summed E-state index contributed by atoms with van der Waals surface area (Å²) in [4.78, 5) is 79.9. The molecule has 2 aromatic carbocycles. The van der Waals surface area contributed by atoms with E-state index in [2.05, 4.69) is 36.4 Å². The fourth-order valence-corrected chi connectivity index (χ4v) is 11.8. The fraction of sp³-hybridized carbons (Fsp3) is 0.434. The van der Waals surface area contributed by atoms with Gasteiger partial charge in [0.1, 0.15) is 23.3 Å². The lowest BCUT2D eigenvalue weighted by Crippen LogP contribution is -2.54. The second-order valence-corrected chi connectivity index (χ2v) is 20.1. The Morgan fingerprint density at radius 2 is 1.62 bits per heavy atom. The van der Waals surface area contributed by atoms with Crippen molar-refractivity contribution in [2.75, 3.05) is 81.1 Å². The molecule has 15 nitrogen and oxygen atoms in total. The van der Waals surface area contributed by atoms with Gasteiger partial charge < -0.3 is 19.7 Å². The number of carbonyl (C=O) groups excluding carboxylic acids is 4. The summed E-state index contributed by atoms with van der Waals surface area (Å²) in [6.45, 7) is 8.28. The van der Waals surface area contributed by atoms with Gasteiger partial charge in [0.15, 0.2) is 5.82 Å². The van der Waals surface area contributed by atoms with Crippen LogP contribution in [0.4, 0.5) is 30.2 Å². The van der Waals surface area contributed by atoms with Crippen molar-refractivity contribution in [2.24, 2.45) is 13.0 Å². The molecule has 5 aliphatic heterocycles. The zero-order chi connectivity index (χ0) is 49.5. The van der Waals surface area contributed by atoms with Gasteiger partial charge in [-0.2, -0.15) is 0 Å². The fourth-order valence-electron chi connectivity index (χ4n) is 11.8. The number of nitrogens with zero attached hydrogens (tertiary/aromatic N) is 8. The van der Waals surface area contributed by atoms with Gasteiger partial charge in [0.2, 0.25) is 17.7 Å². The maximum Gasteiger partial charge on any atom is 0.257 e. The zero-order valence-corrected chi connectivity index (χ0v) is 40.1. The topological polar surface area (TPSA) is 148 Å². The summed E-state index contributed by atoms with van der Waals surface area (Å²) in [5, 5.41) is 5.78. The van der Waals surface area contributed by atoms with Crippen LogP contribution < -0.4 is 26.0 Å². The van der Waals surface area contributed by atoms with Crippen LogP contribution in [-0.2, 0) is 26.8 Å². The number of piperazine rings is 1. The first-order valence-electron chi connectivity index (χ1n) is 24.8. The smallest absolute Gasteiger partial charge is 0.257 e. The standard InChI is InChI=1S/C53H57F3N10O5/c1-31(45-27-36-42(8-15-58-49(36)60(45)3)65-30-40(56)41(57-2)28-47(65)68)62-18-11-33(12-19-62)48-38(54)24-34(25-39(48)55)51(70)64-16-9-32(10-17-64)29-61-20-22-63(23-21-61)35-4-5-43-37(26-35)53(13-14-53)52(71)66(43)44-6-7-46(67)59-50(44)69/h4-5,8,11,15,24-28,30-32,44,57H,6-7,9-10,12-14,16-23,29H2,1-3H3,(H,59,67,69)/t31-,44-/m0/s1. The highest BCUT2D eigenvalue weighted by Crippen LogP contribution is 2.59. The number of pyridine rings is 2. The van der Waals surface area contributed by atoms with Crippen molar-refractivity contribution in [1.29, 1.82) is 0 Å². The number of likely N-dealkylation sites (tertiary alicyclic amines) is 1. The van der Waals surface area contributed by atoms with Gasteiger partial charge in [0, 0.05) is 131 Å². The Bertz CT molecular complexity index is 3090. The van der Waals surface area contributed by atoms with Crippen molar-refractivity contribution >= 4 is 57.3 Å². The first-order valence-corrected chi connectivity index (χ1v) is 24.8. The molecule has 1 spiro atoms. The molecule has 1 saturated carbocycles. The third kappa shape index (κ3) is 8.17. The number of anilines is 3. The van der Waals surface area contributed by atoms with Crippen LogP contribution in [0.5, 0.6) is 0 Å². The Hall–Kier alpha value is -6.79. The van der Waals surface area contributed by atoms with E-state index in [0.717, 1.165) is 81.0 Å². The van der Waals surface area contributed by atoms with Crippen molar-refractivity contribution in [3.8, 4) is 5.69 Å². The molecule has 1 aliphatic carbocycles. The molecule has 3 saturated heterocycles. The molecule has 4 fully saturated rings. The first kappa shape index (κ1) is 46.6. The van der Waals surface area contributed by atoms with Gasteiger partial charge in [-0.25, -0.2) is 18.2 Å². The number of hydrogen-bond donors (Lipinski definition) is 2. The quantitative estimate of drug-likeness (QED) is 0.163. The van der Waals surface area contributed by atoms with E-state index in [1.54, 1.807) is 29.1 Å². The minimum absolute atomic E-state index is 0.00363. The number of rotatable bonds is 10. The number of amides is 4. The van der Waals surface area contributed by atoms with E-state index in [4.69, 9.17) is 0 Å². The van der Waals surface area contributed by atoms with E-state index in [1.807, 2.05) is 42.8 Å². The summed E-state index contributed by atoms with van der Waals surface area (Å²) in [5.41, 5.74) is 4.45. The van der Waals surface area contributed by atoms with E-state index in [1.165, 1.54) is 29.0 Å². The second-order valence-electron chi connectivity index (χ2n) is 20.1. The number of imide groups is 1. The highest BCUT2D eigenvalue weighted by atomic mass is 19.1. The molecule has 0 unspecified atom stereocenters. The van der Waals surface area contributed by atoms with Crippen LogP contribution in [0.1, 0.15) is 85.1 Å². The molecule has 3 aromatic heterocycles. The van der Waals surface area contributed by atoms with Gasteiger partial charge >= 0.3 is 0 Å². The molecule has 8 heterocycles. The van der Waals surface area contributed by atoms with Gasteiger partial charge in [-0.15, -0.1) is 0 Å². The van der Waals surface area contributed by atoms with E-state index in [9.17, 15) is 28.4 Å². The Balaban J connectivity index is 0.680. The third-order valence-electron chi connectivity index (χ3n) is 16.1. The number of aryl methyl sites for hydroxylation is 1. The molecular weight excluding hydrogens is 914 g/mol. The monoisotopic (exact) mass is 970 g/mol. The minimum atomic E-state index is -0.758. The SMILES string of the molecule is CNc1cc(=O)n(-c2ccnc3c2cc([C@H](C)N2CC=C(c4c(F)cc(C(=O)N5CCC(CN6CCN(c7ccc8c(c7)C7(CC7)C(=O)N8[C@H]7CCC(=O)NC7=O)CC6)CC5)cc4F)CC2)n3C)cc1F. The van der Waals surface area contributed by atoms with Gasteiger partial charge in [-0.1, -0.05) is 6.08 Å². The molecule has 370 valence electrons. The Morgan fingerprint density at radius 3 is 2.30 bits per heavy atom. The van der Waals surface area contributed by atoms with Crippen LogP contribution in [0.3, 0.4) is 0 Å². The van der Waals surface area contributed by atoms with Crippen LogP contribution >= 0.6 is 0 Å². The molecule has 18 heteroatoms. The molecule has 2 atom stereocenters. The van der Waals surface area contributed by atoms with Crippen LogP contribution in [-0.4, -0.2) is 124 Å². The summed E-state index contributed by atoms with van der Waals surface area (Å²) < 4.78 is 49.8. The summed E-state index contributed by atoms with van der Waals surface area (Å²) in [7, 11) is 3.44. The number of piperidine rings is 2. The molecule has 2 N–H and O–H groups in total. The van der Waals surface area contributed by atoms with Crippen LogP contribution in [0.15, 0.2) is 71.8 Å². The molecule has 5 aromatic rings. The van der Waals surface area contributed by atoms with E-state index >= 15 is 8.78 Å². The molecule has 0 radical (unpaired) electrons. The Kier molecular flexibility index (Phi) is 11.9. The molecular formula is C53H57F3N10O5. The highest BCUT2D eigenvalue weighted by molar-refractivity contribution is 6.15. The number of nitrogens with one attached hydrogen (secondary N) is 2. The Morgan fingerprint density at radius 1 is 0.873 bits per heavy atom. The van der Waals surface area contributed by atoms with E-state index < -0.39 is 40.4 Å². The number of benzene rings is 2. The van der Waals surface area contributed by atoms with E-state index in [-0.39, 0.29) is 47.0 Å². The maximum atomic E-state index is 15.9. The minimum Gasteiger partial charge on any atom is -0.386 e. The number of aromatic nitrogens is 3. The average molecular weight is 971 g/mol. The molecule has 0 bridgehead atoms. The van der Waals surface area contributed by atoms with Crippen molar-refractivity contribution in [3.63, 3.8) is 0 Å². The largest absolute Gasteiger partial charge is 0.386 e. The van der Waals surface area contributed by atoms with E-state index in [0.29, 0.717) is 67.2 Å². The molecule has 71 heavy (non-hydrogen) atoms. The summed E-state index contributed by atoms with van der Waals surface area (Å²) >= 11 is 0. The predicted octanol–water partition coefficient (Wildman–Crippen LogP) is 5.89. The first-order chi connectivity index (χ1) is 34.2. The summed E-state index contributed by atoms with van der Waals surface area (Å²) in [5.74, 6) is -2.82. The molecule has 6 aliphatic rings. The van der Waals surface area contributed by atoms with Crippen molar-refractivity contribution in [1.82, 2.24) is 34.1 Å². The summed E-state index contributed by atoms with van der Waals surface area (Å²) in [6, 6.07) is 12.5. The molecule has 11 rings (SSSR count). The van der Waals surface area contributed by atoms with Gasteiger partial charge in [0.25, 0.3) is 11.5 Å². The lowest BCUT2D eigenvalue weighted by Gasteiger charge is -2.40. The second kappa shape index (κ2) is 18.1. The van der Waals surface area contributed by atoms with Gasteiger partial charge in [-0.05, 0) is 105 Å². The lowest BCUT2D eigenvalue weighted by molar-refractivity contribution is -0.135. The summed E-state index contributed by atoms with van der Waals surface area (Å²) in [6.07, 6.45) is 8.62. The third-order valence-corrected chi connectivity index (χ3v) is 16.1. The van der Waals surface area contributed by atoms with Crippen LogP contribution in [0.25, 0.3) is 22.3 Å². The van der Waals surface area contributed by atoms with Gasteiger partial charge in [-0.3, -0.25) is 48.6 Å². The van der Waals surface area contributed by atoms with Crippen LogP contribution in [0.2, 0.25) is 0 Å². The number of fused-ring (bicyclic) bond motifs is 3. The number of halogens is 3. The zero-order valence-electron chi connectivity index (χ0n) is 40.1. The predicted molar refractivity (Wildman–Crippen MR) is 263 cm³/mol. The lowest BCUT2D eigenvalue weighted by atomic mass is 9.94. The van der Waals surface area contributed by atoms with Crippen molar-refractivity contribution < 1.29 is 32.3 Å². The highest BCUT2D eigenvalue weighted by Gasteiger charge is 2.61. The van der Waals surface area contributed by atoms with Crippen molar-refractivity contribution in [2.45, 2.75) is 69.4 Å². The molecule has 4 amide bonds. The average Bonchev–Trinajstić information content (AvgIpc) is 4.06. The normalized spacial score (nSPS) is 21.2. The maximum absolute atomic E-state index is 15.9. The Labute approximate surface area is 408 Å². The van der Waals surface area contributed by atoms with Gasteiger partial charge in [0.05, 0.1) is 23.0 Å². The number of carbonyl (C=O) groups is 4. The van der Waals surface area contributed by atoms with Crippen LogP contribution in [0, 0.1) is 23.4 Å². The number of hydrogen-bond acceptors (Lipinski definition) is 10.